The molecule has 1 aliphatic heterocycles. The van der Waals surface area contributed by atoms with Gasteiger partial charge in [-0.3, -0.25) is 9.59 Å². The molecule has 4 aromatic rings. The maximum absolute atomic E-state index is 14.7. The fraction of sp³-hybridized carbons (Fsp3) is 0.400. The van der Waals surface area contributed by atoms with Crippen molar-refractivity contribution in [3.05, 3.63) is 105 Å². The highest BCUT2D eigenvalue weighted by Crippen LogP contribution is 2.39. The molecule has 2 heterocycles. The first-order valence-corrected chi connectivity index (χ1v) is 18.5. The SMILES string of the molecule is CC(=O)NCc1ccc(Cl)c(CN(C(=O)[C@H]2CN(C(=O)OC(C)(C)C)CC[C@@H]2c2ccc(OCc3cc(-c4c(F)ccc(F)c4Cl)no3)cc2)C2CC2)c1. The largest absolute Gasteiger partial charge is 0.486 e. The number of benzene rings is 3. The Morgan fingerprint density at radius 2 is 1.72 bits per heavy atom. The molecular formula is C40H42Cl2F2N4O6. The predicted molar refractivity (Wildman–Crippen MR) is 199 cm³/mol. The van der Waals surface area contributed by atoms with Crippen molar-refractivity contribution >= 4 is 41.1 Å². The van der Waals surface area contributed by atoms with Crippen LogP contribution >= 0.6 is 23.2 Å². The summed E-state index contributed by atoms with van der Waals surface area (Å²) >= 11 is 12.6. The summed E-state index contributed by atoms with van der Waals surface area (Å²) in [5.74, 6) is -1.72. The van der Waals surface area contributed by atoms with Gasteiger partial charge in [-0.25, -0.2) is 13.6 Å². The van der Waals surface area contributed by atoms with Crippen molar-refractivity contribution < 1.29 is 37.2 Å². The lowest BCUT2D eigenvalue weighted by Crippen LogP contribution is -2.51. The summed E-state index contributed by atoms with van der Waals surface area (Å²) in [7, 11) is 0. The second-order valence-corrected chi connectivity index (χ2v) is 15.5. The monoisotopic (exact) mass is 782 g/mol. The van der Waals surface area contributed by atoms with E-state index in [1.54, 1.807) is 23.1 Å². The number of hydrogen-bond acceptors (Lipinski definition) is 7. The van der Waals surface area contributed by atoms with Gasteiger partial charge in [0.15, 0.2) is 5.76 Å². The molecule has 2 aliphatic rings. The second kappa shape index (κ2) is 16.4. The molecule has 3 amide bonds. The second-order valence-electron chi connectivity index (χ2n) is 14.7. The van der Waals surface area contributed by atoms with E-state index in [9.17, 15) is 23.2 Å². The van der Waals surface area contributed by atoms with Crippen molar-refractivity contribution in [1.82, 2.24) is 20.3 Å². The van der Waals surface area contributed by atoms with E-state index in [1.165, 1.54) is 13.0 Å². The molecule has 1 aromatic heterocycles. The van der Waals surface area contributed by atoms with E-state index in [0.717, 1.165) is 41.7 Å². The highest BCUT2D eigenvalue weighted by atomic mass is 35.5. The van der Waals surface area contributed by atoms with Gasteiger partial charge >= 0.3 is 6.09 Å². The Morgan fingerprint density at radius 3 is 2.41 bits per heavy atom. The third-order valence-electron chi connectivity index (χ3n) is 9.39. The van der Waals surface area contributed by atoms with Crippen LogP contribution in [0.4, 0.5) is 13.6 Å². The van der Waals surface area contributed by atoms with Crippen LogP contribution in [0.2, 0.25) is 10.0 Å². The molecule has 1 saturated carbocycles. The normalized spacial score (nSPS) is 17.2. The number of carbonyl (C=O) groups is 3. The molecule has 0 spiro atoms. The number of halogens is 4. The van der Waals surface area contributed by atoms with Crippen LogP contribution in [0.25, 0.3) is 11.3 Å². The number of nitrogens with one attached hydrogen (secondary N) is 1. The zero-order valence-electron chi connectivity index (χ0n) is 30.5. The standard InChI is InChI=1S/C40H42Cl2F2N4O6/c1-23(49)45-19-24-5-12-32(41)26(17-24)20-48(27-8-9-27)38(50)31-21-47(39(51)53-40(2,3)4)16-15-30(31)25-6-10-28(11-7-25)52-22-29-18-35(46-54-29)36-33(43)13-14-34(44)37(36)42/h5-7,10-14,17-18,27,30-31H,8-9,15-16,19-22H2,1-4H3,(H,45,49)/t30-,31+/m1/s1. The van der Waals surface area contributed by atoms with Gasteiger partial charge in [-0.1, -0.05) is 52.6 Å². The molecule has 0 bridgehead atoms. The van der Waals surface area contributed by atoms with Crippen molar-refractivity contribution in [2.24, 2.45) is 5.92 Å². The van der Waals surface area contributed by atoms with Crippen LogP contribution in [0.1, 0.15) is 75.3 Å². The lowest BCUT2D eigenvalue weighted by molar-refractivity contribution is -0.139. The summed E-state index contributed by atoms with van der Waals surface area (Å²) < 4.78 is 45.3. The average molecular weight is 784 g/mol. The Kier molecular flexibility index (Phi) is 11.8. The van der Waals surface area contributed by atoms with Crippen LogP contribution < -0.4 is 10.1 Å². The molecule has 286 valence electrons. The van der Waals surface area contributed by atoms with Gasteiger partial charge in [-0.15, -0.1) is 0 Å². The number of likely N-dealkylation sites (tertiary alicyclic amines) is 1. The minimum absolute atomic E-state index is 0.0405. The van der Waals surface area contributed by atoms with Crippen molar-refractivity contribution in [3.8, 4) is 17.0 Å². The lowest BCUT2D eigenvalue weighted by Gasteiger charge is -2.40. The Bertz CT molecular complexity index is 2010. The van der Waals surface area contributed by atoms with Crippen molar-refractivity contribution in [3.63, 3.8) is 0 Å². The van der Waals surface area contributed by atoms with Crippen molar-refractivity contribution in [2.45, 2.75) is 84.2 Å². The molecule has 1 N–H and O–H groups in total. The average Bonchev–Trinajstić information content (AvgIpc) is 3.87. The van der Waals surface area contributed by atoms with E-state index in [-0.39, 0.29) is 53.9 Å². The number of rotatable bonds is 11. The smallest absolute Gasteiger partial charge is 0.410 e. The minimum atomic E-state index is -0.775. The van der Waals surface area contributed by atoms with Crippen LogP contribution in [-0.2, 0) is 34.0 Å². The molecule has 0 radical (unpaired) electrons. The number of piperidine rings is 1. The van der Waals surface area contributed by atoms with Crippen LogP contribution in [0, 0.1) is 17.6 Å². The molecule has 3 aromatic carbocycles. The molecule has 6 rings (SSSR count). The van der Waals surface area contributed by atoms with E-state index in [1.807, 2.05) is 49.9 Å². The van der Waals surface area contributed by atoms with Crippen molar-refractivity contribution in [1.29, 1.82) is 0 Å². The number of carbonyl (C=O) groups excluding carboxylic acids is 3. The van der Waals surface area contributed by atoms with E-state index in [4.69, 9.17) is 37.2 Å². The van der Waals surface area contributed by atoms with Gasteiger partial charge in [-0.2, -0.15) is 0 Å². The quantitative estimate of drug-likeness (QED) is 0.152. The number of aromatic nitrogens is 1. The molecule has 54 heavy (non-hydrogen) atoms. The number of amides is 3. The Balaban J connectivity index is 1.20. The summed E-state index contributed by atoms with van der Waals surface area (Å²) in [5.41, 5.74) is 1.71. The van der Waals surface area contributed by atoms with E-state index < -0.39 is 34.3 Å². The predicted octanol–water partition coefficient (Wildman–Crippen LogP) is 8.67. The number of ether oxygens (including phenoxy) is 2. The fourth-order valence-electron chi connectivity index (χ4n) is 6.58. The summed E-state index contributed by atoms with van der Waals surface area (Å²) in [4.78, 5) is 42.9. The summed E-state index contributed by atoms with van der Waals surface area (Å²) in [6.07, 6.45) is 1.80. The Morgan fingerprint density at radius 1 is 1.00 bits per heavy atom. The van der Waals surface area contributed by atoms with Gasteiger partial charge in [0.2, 0.25) is 11.8 Å². The number of hydrogen-bond donors (Lipinski definition) is 1. The molecule has 14 heteroatoms. The van der Waals surface area contributed by atoms with Crippen molar-refractivity contribution in [2.75, 3.05) is 13.1 Å². The van der Waals surface area contributed by atoms with E-state index in [2.05, 4.69) is 10.5 Å². The van der Waals surface area contributed by atoms with Gasteiger partial charge in [0.05, 0.1) is 16.5 Å². The van der Waals surface area contributed by atoms with Crippen LogP contribution in [0.5, 0.6) is 5.75 Å². The van der Waals surface area contributed by atoms with Gasteiger partial charge in [0, 0.05) is 50.2 Å². The zero-order chi connectivity index (χ0) is 38.7. The number of nitrogens with zero attached hydrogens (tertiary/aromatic N) is 3. The first-order valence-electron chi connectivity index (χ1n) is 17.8. The van der Waals surface area contributed by atoms with Crippen LogP contribution in [0.3, 0.4) is 0 Å². The fourth-order valence-corrected chi connectivity index (χ4v) is 7.00. The van der Waals surface area contributed by atoms with E-state index in [0.29, 0.717) is 36.8 Å². The summed E-state index contributed by atoms with van der Waals surface area (Å²) in [6, 6.07) is 16.3. The van der Waals surface area contributed by atoms with Gasteiger partial charge < -0.3 is 29.1 Å². The van der Waals surface area contributed by atoms with E-state index >= 15 is 0 Å². The Labute approximate surface area is 322 Å². The van der Waals surface area contributed by atoms with Gasteiger partial charge in [0.25, 0.3) is 0 Å². The maximum Gasteiger partial charge on any atom is 0.410 e. The first kappa shape index (κ1) is 39.0. The third kappa shape index (κ3) is 9.51. The molecule has 1 saturated heterocycles. The lowest BCUT2D eigenvalue weighted by atomic mass is 9.79. The molecule has 2 fully saturated rings. The molecular weight excluding hydrogens is 741 g/mol. The minimum Gasteiger partial charge on any atom is -0.486 e. The first-order chi connectivity index (χ1) is 25.7. The van der Waals surface area contributed by atoms with Gasteiger partial charge in [0.1, 0.15) is 35.3 Å². The molecule has 1 aliphatic carbocycles. The highest BCUT2D eigenvalue weighted by molar-refractivity contribution is 6.33. The summed E-state index contributed by atoms with van der Waals surface area (Å²) in [6.45, 7) is 8.07. The molecule has 10 nitrogen and oxygen atoms in total. The maximum atomic E-state index is 14.7. The van der Waals surface area contributed by atoms with Gasteiger partial charge in [-0.05, 0) is 93.0 Å². The molecule has 2 atom stereocenters. The summed E-state index contributed by atoms with van der Waals surface area (Å²) in [5, 5.41) is 6.78. The Hall–Kier alpha value is -4.68. The highest BCUT2D eigenvalue weighted by Gasteiger charge is 2.43. The molecule has 0 unspecified atom stereocenters. The van der Waals surface area contributed by atoms with Crippen LogP contribution in [-0.4, -0.2) is 57.6 Å². The third-order valence-corrected chi connectivity index (χ3v) is 10.1. The topological polar surface area (TPSA) is 114 Å². The van der Waals surface area contributed by atoms with Crippen LogP contribution in [0.15, 0.2) is 65.2 Å². The zero-order valence-corrected chi connectivity index (χ0v) is 32.0.